The van der Waals surface area contributed by atoms with Gasteiger partial charge in [-0.25, -0.2) is 19.2 Å². The van der Waals surface area contributed by atoms with E-state index in [1.165, 1.54) is 24.5 Å². The molecule has 2 rings (SSSR count). The highest BCUT2D eigenvalue weighted by molar-refractivity contribution is 5.89. The summed E-state index contributed by atoms with van der Waals surface area (Å²) in [5, 5.41) is 5.66. The molecule has 0 aliphatic heterocycles. The molecule has 0 bridgehead atoms. The summed E-state index contributed by atoms with van der Waals surface area (Å²) >= 11 is 0. The highest BCUT2D eigenvalue weighted by Crippen LogP contribution is 2.24. The van der Waals surface area contributed by atoms with Crippen molar-refractivity contribution in [2.24, 2.45) is 0 Å². The Labute approximate surface area is 134 Å². The number of hydrogen-bond acceptors (Lipinski definition) is 5. The van der Waals surface area contributed by atoms with Gasteiger partial charge in [-0.05, 0) is 39.0 Å². The summed E-state index contributed by atoms with van der Waals surface area (Å²) in [4.78, 5) is 19.7. The molecular formula is C16H19FN4O2. The van der Waals surface area contributed by atoms with Crippen LogP contribution in [0.1, 0.15) is 26.3 Å². The van der Waals surface area contributed by atoms with Gasteiger partial charge in [-0.1, -0.05) is 0 Å². The first-order valence-corrected chi connectivity index (χ1v) is 7.11. The molecule has 1 amide bonds. The van der Waals surface area contributed by atoms with Gasteiger partial charge in [-0.2, -0.15) is 0 Å². The smallest absolute Gasteiger partial charge is 0.412 e. The van der Waals surface area contributed by atoms with Crippen molar-refractivity contribution in [3.63, 3.8) is 0 Å². The topological polar surface area (TPSA) is 76.1 Å². The number of benzene rings is 1. The van der Waals surface area contributed by atoms with Gasteiger partial charge < -0.3 is 10.1 Å². The van der Waals surface area contributed by atoms with E-state index in [4.69, 9.17) is 4.74 Å². The van der Waals surface area contributed by atoms with E-state index in [-0.39, 0.29) is 0 Å². The Morgan fingerprint density at radius 2 is 1.91 bits per heavy atom. The number of halogens is 1. The number of nitrogens with zero attached hydrogens (tertiary/aromatic N) is 2. The number of hydrogen-bond donors (Lipinski definition) is 2. The molecule has 0 saturated carbocycles. The maximum atomic E-state index is 13.5. The van der Waals surface area contributed by atoms with E-state index in [9.17, 15) is 9.18 Å². The maximum Gasteiger partial charge on any atom is 0.412 e. The van der Waals surface area contributed by atoms with Crippen LogP contribution in [-0.2, 0) is 11.3 Å². The minimum atomic E-state index is -0.612. The third kappa shape index (κ3) is 5.54. The lowest BCUT2D eigenvalue weighted by molar-refractivity contribution is 0.0636. The zero-order valence-corrected chi connectivity index (χ0v) is 13.3. The number of anilines is 2. The highest BCUT2D eigenvalue weighted by atomic mass is 19.1. The standard InChI is InChI=1S/C16H19FN4O2/c1-16(2,3)23-15(22)21-13-5-4-12(17)6-14(13)20-9-11-7-18-10-19-8-11/h4-8,10,20H,9H2,1-3H3,(H,21,22). The first-order valence-electron chi connectivity index (χ1n) is 7.11. The zero-order chi connectivity index (χ0) is 16.9. The fraction of sp³-hybridized carbons (Fsp3) is 0.312. The molecule has 0 atom stereocenters. The molecule has 0 aliphatic rings. The van der Waals surface area contributed by atoms with Crippen molar-refractivity contribution in [2.75, 3.05) is 10.6 Å². The summed E-state index contributed by atoms with van der Waals surface area (Å²) in [7, 11) is 0. The molecule has 1 aromatic carbocycles. The third-order valence-electron chi connectivity index (χ3n) is 2.71. The number of ether oxygens (including phenoxy) is 1. The Morgan fingerprint density at radius 3 is 2.57 bits per heavy atom. The van der Waals surface area contributed by atoms with Crippen molar-refractivity contribution < 1.29 is 13.9 Å². The molecule has 1 aromatic heterocycles. The molecule has 6 nitrogen and oxygen atoms in total. The Bertz CT molecular complexity index is 672. The van der Waals surface area contributed by atoms with Gasteiger partial charge in [0.05, 0.1) is 11.4 Å². The van der Waals surface area contributed by atoms with Crippen LogP contribution in [-0.4, -0.2) is 21.7 Å². The van der Waals surface area contributed by atoms with Gasteiger partial charge in [0, 0.05) is 24.5 Å². The molecule has 2 aromatic rings. The minimum Gasteiger partial charge on any atom is -0.444 e. The summed E-state index contributed by atoms with van der Waals surface area (Å²) in [5.41, 5.74) is 1.09. The molecule has 0 spiro atoms. The second-order valence-corrected chi connectivity index (χ2v) is 5.92. The predicted molar refractivity (Wildman–Crippen MR) is 85.6 cm³/mol. The first kappa shape index (κ1) is 16.7. The average Bonchev–Trinajstić information content (AvgIpc) is 2.46. The normalized spacial score (nSPS) is 11.0. The van der Waals surface area contributed by atoms with Crippen molar-refractivity contribution >= 4 is 17.5 Å². The van der Waals surface area contributed by atoms with Crippen LogP contribution in [0.2, 0.25) is 0 Å². The lowest BCUT2D eigenvalue weighted by Gasteiger charge is -2.20. The van der Waals surface area contributed by atoms with E-state index in [1.54, 1.807) is 33.2 Å². The van der Waals surface area contributed by atoms with E-state index < -0.39 is 17.5 Å². The van der Waals surface area contributed by atoms with Crippen LogP contribution in [0.3, 0.4) is 0 Å². The van der Waals surface area contributed by atoms with Gasteiger partial charge in [0.25, 0.3) is 0 Å². The van der Waals surface area contributed by atoms with Crippen molar-refractivity contribution in [1.29, 1.82) is 0 Å². The number of rotatable bonds is 4. The fourth-order valence-corrected chi connectivity index (χ4v) is 1.80. The van der Waals surface area contributed by atoms with Crippen LogP contribution in [0.5, 0.6) is 0 Å². The van der Waals surface area contributed by atoms with Gasteiger partial charge >= 0.3 is 6.09 Å². The predicted octanol–water partition coefficient (Wildman–Crippen LogP) is 3.57. The van der Waals surface area contributed by atoms with Gasteiger partial charge in [0.15, 0.2) is 0 Å². The largest absolute Gasteiger partial charge is 0.444 e. The second-order valence-electron chi connectivity index (χ2n) is 5.92. The maximum absolute atomic E-state index is 13.5. The minimum absolute atomic E-state index is 0.396. The summed E-state index contributed by atoms with van der Waals surface area (Å²) in [6.45, 7) is 5.71. The van der Waals surface area contributed by atoms with Crippen LogP contribution in [0.25, 0.3) is 0 Å². The molecule has 1 heterocycles. The van der Waals surface area contributed by atoms with Gasteiger partial charge in [0.1, 0.15) is 17.7 Å². The van der Waals surface area contributed by atoms with Crippen LogP contribution in [0, 0.1) is 5.82 Å². The second kappa shape index (κ2) is 7.04. The Kier molecular flexibility index (Phi) is 5.10. The van der Waals surface area contributed by atoms with Gasteiger partial charge in [-0.15, -0.1) is 0 Å². The fourth-order valence-electron chi connectivity index (χ4n) is 1.80. The van der Waals surface area contributed by atoms with Crippen LogP contribution in [0.4, 0.5) is 20.6 Å². The molecule has 23 heavy (non-hydrogen) atoms. The van der Waals surface area contributed by atoms with E-state index in [2.05, 4.69) is 20.6 Å². The lowest BCUT2D eigenvalue weighted by atomic mass is 10.2. The van der Waals surface area contributed by atoms with Crippen LogP contribution in [0.15, 0.2) is 36.9 Å². The van der Waals surface area contributed by atoms with Gasteiger partial charge in [-0.3, -0.25) is 5.32 Å². The summed E-state index contributed by atoms with van der Waals surface area (Å²) < 4.78 is 18.7. The number of amides is 1. The summed E-state index contributed by atoms with van der Waals surface area (Å²) in [5.74, 6) is -0.411. The van der Waals surface area contributed by atoms with E-state index in [0.717, 1.165) is 5.56 Å². The van der Waals surface area contributed by atoms with Crippen molar-refractivity contribution in [2.45, 2.75) is 32.9 Å². The Morgan fingerprint density at radius 1 is 1.22 bits per heavy atom. The average molecular weight is 318 g/mol. The number of carbonyl (C=O) groups is 1. The van der Waals surface area contributed by atoms with Crippen LogP contribution >= 0.6 is 0 Å². The summed E-state index contributed by atoms with van der Waals surface area (Å²) in [6.07, 6.45) is 4.14. The molecule has 0 radical (unpaired) electrons. The zero-order valence-electron chi connectivity index (χ0n) is 13.3. The van der Waals surface area contributed by atoms with Crippen molar-refractivity contribution in [1.82, 2.24) is 9.97 Å². The van der Waals surface area contributed by atoms with Crippen molar-refractivity contribution in [3.8, 4) is 0 Å². The molecular weight excluding hydrogens is 299 g/mol. The van der Waals surface area contributed by atoms with E-state index in [1.807, 2.05) is 0 Å². The monoisotopic (exact) mass is 318 g/mol. The molecule has 0 saturated heterocycles. The quantitative estimate of drug-likeness (QED) is 0.901. The SMILES string of the molecule is CC(C)(C)OC(=O)Nc1ccc(F)cc1NCc1cncnc1. The molecule has 7 heteroatoms. The summed E-state index contributed by atoms with van der Waals surface area (Å²) in [6, 6.07) is 4.04. The van der Waals surface area contributed by atoms with E-state index in [0.29, 0.717) is 17.9 Å². The highest BCUT2D eigenvalue weighted by Gasteiger charge is 2.17. The number of nitrogens with one attached hydrogen (secondary N) is 2. The number of aromatic nitrogens is 2. The molecule has 0 aliphatic carbocycles. The molecule has 122 valence electrons. The van der Waals surface area contributed by atoms with Crippen molar-refractivity contribution in [3.05, 3.63) is 48.3 Å². The molecule has 0 fully saturated rings. The van der Waals surface area contributed by atoms with Gasteiger partial charge in [0.2, 0.25) is 0 Å². The Balaban J connectivity index is 2.09. The Hall–Kier alpha value is -2.70. The third-order valence-corrected chi connectivity index (χ3v) is 2.71. The molecule has 0 unspecified atom stereocenters. The lowest BCUT2D eigenvalue weighted by Crippen LogP contribution is -2.27. The van der Waals surface area contributed by atoms with Crippen LogP contribution < -0.4 is 10.6 Å². The van der Waals surface area contributed by atoms with E-state index >= 15 is 0 Å². The molecule has 2 N–H and O–H groups in total. The first-order chi connectivity index (χ1) is 10.8. The number of carbonyl (C=O) groups excluding carboxylic acids is 1.